The molecule has 6 nitrogen and oxygen atoms in total. The number of nitrogens with one attached hydrogen (secondary N) is 1. The van der Waals surface area contributed by atoms with Crippen molar-refractivity contribution < 1.29 is 9.53 Å². The van der Waals surface area contributed by atoms with Crippen LogP contribution in [0.2, 0.25) is 0 Å². The third kappa shape index (κ3) is 4.21. The zero-order valence-corrected chi connectivity index (χ0v) is 18.6. The van der Waals surface area contributed by atoms with Crippen molar-refractivity contribution in [2.75, 3.05) is 13.7 Å². The normalized spacial score (nSPS) is 12.7. The first-order valence-corrected chi connectivity index (χ1v) is 10.8. The lowest BCUT2D eigenvalue weighted by Gasteiger charge is -2.22. The van der Waals surface area contributed by atoms with Crippen molar-refractivity contribution >= 4 is 27.8 Å². The summed E-state index contributed by atoms with van der Waals surface area (Å²) in [7, 11) is 3.71. The number of benzene rings is 2. The van der Waals surface area contributed by atoms with E-state index < -0.39 is 0 Å². The highest BCUT2D eigenvalue weighted by Gasteiger charge is 2.24. The Morgan fingerprint density at radius 2 is 1.81 bits per heavy atom. The smallest absolute Gasteiger partial charge is 0.225 e. The lowest BCUT2D eigenvalue weighted by molar-refractivity contribution is -0.121. The van der Waals surface area contributed by atoms with Crippen LogP contribution in [0.4, 0.5) is 0 Å². The van der Waals surface area contributed by atoms with Gasteiger partial charge in [0.05, 0.1) is 30.1 Å². The van der Waals surface area contributed by atoms with Crippen LogP contribution in [-0.2, 0) is 29.5 Å². The van der Waals surface area contributed by atoms with Gasteiger partial charge in [-0.1, -0.05) is 44.2 Å². The van der Waals surface area contributed by atoms with Crippen LogP contribution in [0.25, 0.3) is 21.9 Å². The van der Waals surface area contributed by atoms with Crippen LogP contribution in [0.5, 0.6) is 0 Å². The summed E-state index contributed by atoms with van der Waals surface area (Å²) in [6.07, 6.45) is 2.40. The third-order valence-electron chi connectivity index (χ3n) is 5.84. The summed E-state index contributed by atoms with van der Waals surface area (Å²) < 4.78 is 9.48. The van der Waals surface area contributed by atoms with Gasteiger partial charge in [0.15, 0.2) is 0 Å². The van der Waals surface area contributed by atoms with E-state index in [1.807, 2.05) is 37.4 Å². The van der Waals surface area contributed by atoms with E-state index >= 15 is 0 Å². The summed E-state index contributed by atoms with van der Waals surface area (Å²) in [4.78, 5) is 17.9. The van der Waals surface area contributed by atoms with Crippen LogP contribution in [0, 0.1) is 5.92 Å². The lowest BCUT2D eigenvalue weighted by atomic mass is 10.0. The predicted molar refractivity (Wildman–Crippen MR) is 124 cm³/mol. The molecule has 0 saturated heterocycles. The number of ether oxygens (including phenoxy) is 1. The van der Waals surface area contributed by atoms with Gasteiger partial charge in [-0.25, -0.2) is 4.98 Å². The van der Waals surface area contributed by atoms with E-state index in [-0.39, 0.29) is 17.9 Å². The topological polar surface area (TPSA) is 61.1 Å². The van der Waals surface area contributed by atoms with E-state index in [0.29, 0.717) is 13.0 Å². The van der Waals surface area contributed by atoms with Crippen LogP contribution in [0.3, 0.4) is 0 Å². The molecule has 0 aliphatic heterocycles. The molecule has 162 valence electrons. The molecule has 6 heteroatoms. The molecule has 0 bridgehead atoms. The molecular weight excluding hydrogens is 388 g/mol. The van der Waals surface area contributed by atoms with Crippen molar-refractivity contribution in [1.82, 2.24) is 19.4 Å². The van der Waals surface area contributed by atoms with Crippen molar-refractivity contribution in [3.8, 4) is 0 Å². The molecule has 0 radical (unpaired) electrons. The minimum absolute atomic E-state index is 0.000371. The highest BCUT2D eigenvalue weighted by atomic mass is 16.5. The number of carbonyl (C=O) groups excluding carboxylic acids is 1. The summed E-state index contributed by atoms with van der Waals surface area (Å²) in [5.41, 5.74) is 4.16. The van der Waals surface area contributed by atoms with Crippen LogP contribution in [-0.4, -0.2) is 33.7 Å². The Bertz CT molecular complexity index is 1200. The van der Waals surface area contributed by atoms with Crippen LogP contribution in [0.1, 0.15) is 31.3 Å². The first-order chi connectivity index (χ1) is 15.0. The molecular formula is C25H30N4O2. The van der Waals surface area contributed by atoms with Crippen molar-refractivity contribution in [2.24, 2.45) is 13.0 Å². The maximum Gasteiger partial charge on any atom is 0.225 e. The average molecular weight is 419 g/mol. The number of nitrogens with zero attached hydrogens (tertiary/aromatic N) is 3. The van der Waals surface area contributed by atoms with E-state index in [2.05, 4.69) is 52.7 Å². The number of fused-ring (bicyclic) bond motifs is 2. The maximum atomic E-state index is 13.1. The molecule has 4 aromatic rings. The first-order valence-electron chi connectivity index (χ1n) is 10.8. The van der Waals surface area contributed by atoms with Crippen molar-refractivity contribution in [2.45, 2.75) is 32.9 Å². The Morgan fingerprint density at radius 1 is 1.10 bits per heavy atom. The second-order valence-corrected chi connectivity index (χ2v) is 8.34. The number of imidazole rings is 1. The molecule has 1 amide bonds. The number of rotatable bonds is 8. The second kappa shape index (κ2) is 8.94. The van der Waals surface area contributed by atoms with Crippen LogP contribution < -0.4 is 5.32 Å². The quantitative estimate of drug-likeness (QED) is 0.466. The number of methoxy groups -OCH3 is 1. The Kier molecular flexibility index (Phi) is 6.09. The Balaban J connectivity index is 1.59. The van der Waals surface area contributed by atoms with E-state index in [1.54, 1.807) is 7.11 Å². The maximum absolute atomic E-state index is 13.1. The summed E-state index contributed by atoms with van der Waals surface area (Å²) >= 11 is 0. The molecule has 0 saturated carbocycles. The summed E-state index contributed by atoms with van der Waals surface area (Å²) in [5, 5.41) is 4.35. The second-order valence-electron chi connectivity index (χ2n) is 8.34. The van der Waals surface area contributed by atoms with Gasteiger partial charge in [0.25, 0.3) is 0 Å². The van der Waals surface area contributed by atoms with Gasteiger partial charge in [-0.3, -0.25) is 4.79 Å². The van der Waals surface area contributed by atoms with Gasteiger partial charge < -0.3 is 19.2 Å². The molecule has 0 fully saturated rings. The number of carbonyl (C=O) groups is 1. The van der Waals surface area contributed by atoms with Crippen molar-refractivity contribution in [3.05, 3.63) is 66.1 Å². The summed E-state index contributed by atoms with van der Waals surface area (Å²) in [6.45, 7) is 5.61. The van der Waals surface area contributed by atoms with Crippen LogP contribution in [0.15, 0.2) is 54.7 Å². The summed E-state index contributed by atoms with van der Waals surface area (Å²) in [6, 6.07) is 16.1. The highest BCUT2D eigenvalue weighted by molar-refractivity contribution is 5.89. The fraction of sp³-hybridized carbons (Fsp3) is 0.360. The van der Waals surface area contributed by atoms with Crippen molar-refractivity contribution in [1.29, 1.82) is 0 Å². The van der Waals surface area contributed by atoms with E-state index in [4.69, 9.17) is 9.72 Å². The number of aromatic nitrogens is 3. The fourth-order valence-corrected chi connectivity index (χ4v) is 4.21. The number of amides is 1. The Labute approximate surface area is 182 Å². The molecule has 0 aliphatic carbocycles. The Morgan fingerprint density at radius 3 is 2.52 bits per heavy atom. The number of hydrogen-bond donors (Lipinski definition) is 1. The lowest BCUT2D eigenvalue weighted by Crippen LogP contribution is -2.34. The zero-order valence-electron chi connectivity index (χ0n) is 18.6. The molecule has 1 N–H and O–H groups in total. The van der Waals surface area contributed by atoms with Gasteiger partial charge in [-0.15, -0.1) is 0 Å². The molecule has 4 rings (SSSR count). The number of aryl methyl sites for hydroxylation is 1. The SMILES string of the molecule is COCCn1cc(CC(=O)NC(c2nc3ccccc3n2C)C(C)C)c2ccccc21. The number of hydrogen-bond acceptors (Lipinski definition) is 3. The molecule has 31 heavy (non-hydrogen) atoms. The largest absolute Gasteiger partial charge is 0.383 e. The van der Waals surface area contributed by atoms with E-state index in [9.17, 15) is 4.79 Å². The monoisotopic (exact) mass is 418 g/mol. The fourth-order valence-electron chi connectivity index (χ4n) is 4.21. The minimum atomic E-state index is -0.160. The first kappa shape index (κ1) is 21.1. The van der Waals surface area contributed by atoms with Gasteiger partial charge in [0.1, 0.15) is 5.82 Å². The molecule has 1 unspecified atom stereocenters. The molecule has 1 atom stereocenters. The number of para-hydroxylation sites is 3. The molecule has 2 heterocycles. The minimum Gasteiger partial charge on any atom is -0.383 e. The Hall–Kier alpha value is -3.12. The van der Waals surface area contributed by atoms with Gasteiger partial charge >= 0.3 is 0 Å². The van der Waals surface area contributed by atoms with Gasteiger partial charge in [-0.2, -0.15) is 0 Å². The van der Waals surface area contributed by atoms with Crippen LogP contribution >= 0.6 is 0 Å². The molecule has 2 aromatic heterocycles. The van der Waals surface area contributed by atoms with E-state index in [0.717, 1.165) is 39.9 Å². The van der Waals surface area contributed by atoms with Crippen molar-refractivity contribution in [3.63, 3.8) is 0 Å². The molecule has 2 aromatic carbocycles. The van der Waals surface area contributed by atoms with E-state index in [1.165, 1.54) is 0 Å². The van der Waals surface area contributed by atoms with Gasteiger partial charge in [0, 0.05) is 37.8 Å². The third-order valence-corrected chi connectivity index (χ3v) is 5.84. The molecule has 0 spiro atoms. The van der Waals surface area contributed by atoms with Gasteiger partial charge in [0.2, 0.25) is 5.91 Å². The molecule has 0 aliphatic rings. The standard InChI is InChI=1S/C25H30N4O2/c1-17(2)24(25-26-20-10-6-8-12-22(20)28(25)3)27-23(30)15-18-16-29(13-14-31-4)21-11-7-5-9-19(18)21/h5-12,16-17,24H,13-15H2,1-4H3,(H,27,30). The summed E-state index contributed by atoms with van der Waals surface area (Å²) in [5.74, 6) is 1.09. The average Bonchev–Trinajstić information content (AvgIpc) is 3.28. The predicted octanol–water partition coefficient (Wildman–Crippen LogP) is 4.23. The zero-order chi connectivity index (χ0) is 22.0. The van der Waals surface area contributed by atoms with Gasteiger partial charge in [-0.05, 0) is 29.7 Å². The highest BCUT2D eigenvalue weighted by Crippen LogP contribution is 2.26.